The number of ether oxygens (including phenoxy) is 1. The van der Waals surface area contributed by atoms with Gasteiger partial charge in [0, 0.05) is 42.7 Å². The van der Waals surface area contributed by atoms with Crippen LogP contribution in [0.4, 0.5) is 109 Å². The Morgan fingerprint density at radius 3 is 1.00 bits per heavy atom. The maximum Gasteiger partial charge on any atom is 0.411 e. The predicted octanol–water partition coefficient (Wildman–Crippen LogP) is 10.8. The van der Waals surface area contributed by atoms with Crippen molar-refractivity contribution in [1.29, 1.82) is 0 Å². The minimum absolute atomic E-state index is 0. The molecule has 16 aromatic rings. The summed E-state index contributed by atoms with van der Waals surface area (Å²) in [6.45, 7) is 0.390. The molecule has 49 heteroatoms. The molecule has 12 heterocycles. The number of nitro groups is 2. The van der Waals surface area contributed by atoms with Crippen LogP contribution in [0.2, 0.25) is 5.28 Å². The van der Waals surface area contributed by atoms with Gasteiger partial charge < -0.3 is 63.8 Å². The van der Waals surface area contributed by atoms with Crippen molar-refractivity contribution in [3.63, 3.8) is 0 Å². The number of rotatable bonds is 14. The van der Waals surface area contributed by atoms with Crippen molar-refractivity contribution in [3.05, 3.63) is 252 Å². The fourth-order valence-corrected chi connectivity index (χ4v) is 12.0. The topological polar surface area (TPSA) is 585 Å². The summed E-state index contributed by atoms with van der Waals surface area (Å²) in [5.74, 6) is -5.76. The van der Waals surface area contributed by atoms with E-state index in [1.165, 1.54) is 63.6 Å². The zero-order valence-corrected chi connectivity index (χ0v) is 65.7. The SMILES string of the molecule is COC(=O)Nc1c(N)nc(-c2nn(Cc3ccccc3F)c3ncc(F)cc23)nc1N.Fc1cnc2c(c1)c(I)nn2Cc1ccccc1F.Nc1nc(-c2nn(Cc3ccccc3F)c3ncc(F)cc23)nc(N)c1N.Nc1nc(-c2nn(Cc3ccccc3F)c3ncc(F)cc23)nc(N)c1[N+](=O)[O-].Nc1nc(Cl)nc(N)c1[N+](=O)[O-].[CH3-].[Pd]. The van der Waals surface area contributed by atoms with Gasteiger partial charge in [-0.25, -0.2) is 108 Å². The molecular formula is C71H57ClF8IN32O6Pd-. The van der Waals surface area contributed by atoms with E-state index in [9.17, 15) is 60.1 Å². The minimum atomic E-state index is -0.805. The summed E-state index contributed by atoms with van der Waals surface area (Å²) in [4.78, 5) is 78.3. The molecule has 0 saturated carbocycles. The molecule has 0 fully saturated rings. The zero-order valence-electron chi connectivity index (χ0n) is 61.3. The van der Waals surface area contributed by atoms with E-state index in [1.54, 1.807) is 77.5 Å². The van der Waals surface area contributed by atoms with E-state index in [1.807, 2.05) is 22.6 Å². The maximum atomic E-state index is 14.1. The molecule has 0 saturated heterocycles. The van der Waals surface area contributed by atoms with Crippen LogP contribution in [0.25, 0.3) is 78.7 Å². The Morgan fingerprint density at radius 2 is 0.700 bits per heavy atom. The van der Waals surface area contributed by atoms with Gasteiger partial charge >= 0.3 is 17.5 Å². The number of hydrogen-bond acceptors (Lipinski definition) is 31. The molecule has 1 amide bonds. The van der Waals surface area contributed by atoms with Crippen LogP contribution in [0.5, 0.6) is 0 Å². The molecule has 12 aromatic heterocycles. The van der Waals surface area contributed by atoms with E-state index >= 15 is 0 Å². The summed E-state index contributed by atoms with van der Waals surface area (Å²) in [5, 5.41) is 42.3. The van der Waals surface area contributed by atoms with E-state index in [0.717, 1.165) is 30.9 Å². The third kappa shape index (κ3) is 19.4. The van der Waals surface area contributed by atoms with Gasteiger partial charge in [-0.1, -0.05) is 72.8 Å². The molecule has 0 aliphatic carbocycles. The molecule has 0 unspecified atom stereocenters. The normalized spacial score (nSPS) is 10.8. The van der Waals surface area contributed by atoms with Crippen LogP contribution in [0, 0.1) is 77.9 Å². The number of anilines is 10. The van der Waals surface area contributed by atoms with Crippen LogP contribution in [0.3, 0.4) is 0 Å². The summed E-state index contributed by atoms with van der Waals surface area (Å²) < 4.78 is 121. The number of nitrogens with two attached hydrogens (primary N) is 9. The fraction of sp³-hybridized carbons (Fsp3) is 0.0704. The largest absolute Gasteiger partial charge is 0.453 e. The first-order chi connectivity index (χ1) is 56.3. The molecule has 38 nitrogen and oxygen atoms in total. The van der Waals surface area contributed by atoms with Crippen LogP contribution in [0.1, 0.15) is 22.3 Å². The molecule has 19 N–H and O–H groups in total. The van der Waals surface area contributed by atoms with Gasteiger partial charge in [0.1, 0.15) is 78.7 Å². The molecule has 4 aromatic carbocycles. The number of nitrogens with one attached hydrogen (secondary N) is 1. The Kier molecular flexibility index (Phi) is 27.2. The summed E-state index contributed by atoms with van der Waals surface area (Å²) in [7, 11) is 1.17. The van der Waals surface area contributed by atoms with E-state index in [2.05, 4.69) is 90.3 Å². The van der Waals surface area contributed by atoms with Crippen LogP contribution in [-0.2, 0) is 51.3 Å². The van der Waals surface area contributed by atoms with Crippen molar-refractivity contribution >= 4 is 154 Å². The van der Waals surface area contributed by atoms with Crippen molar-refractivity contribution in [1.82, 2.24) is 98.9 Å². The van der Waals surface area contributed by atoms with Crippen molar-refractivity contribution in [2.45, 2.75) is 26.2 Å². The molecule has 0 aliphatic heterocycles. The molecule has 0 aliphatic rings. The molecule has 0 atom stereocenters. The number of halogens is 10. The third-order valence-electron chi connectivity index (χ3n) is 16.5. The number of pyridine rings is 4. The monoisotopic (exact) mass is 1870 g/mol. The fourth-order valence-electron chi connectivity index (χ4n) is 11.1. The van der Waals surface area contributed by atoms with Crippen molar-refractivity contribution in [2.24, 2.45) is 0 Å². The Labute approximate surface area is 699 Å². The average molecular weight is 1880 g/mol. The van der Waals surface area contributed by atoms with E-state index < -0.39 is 73.9 Å². The maximum absolute atomic E-state index is 14.1. The Balaban J connectivity index is 0.000000161. The number of nitrogens with zero attached hydrogens (tertiary/aromatic N) is 22. The van der Waals surface area contributed by atoms with Gasteiger partial charge in [0.2, 0.25) is 28.6 Å². The van der Waals surface area contributed by atoms with Crippen LogP contribution in [-0.4, -0.2) is 122 Å². The number of methoxy groups -OCH3 is 1. The van der Waals surface area contributed by atoms with E-state index in [4.69, 9.17) is 63.2 Å². The van der Waals surface area contributed by atoms with Gasteiger partial charge in [0.15, 0.2) is 63.3 Å². The Hall–Kier alpha value is -14.9. The van der Waals surface area contributed by atoms with E-state index in [-0.39, 0.29) is 174 Å². The standard InChI is InChI=1S/C19H16F2N8O2.C17H12F2N8O2.C17H14F2N8.C13H8F2IN3.C4H4ClN5O2.CH3.Pd/c1-31-19(30)25-14-15(22)26-17(27-16(14)23)13-11-6-10(20)7-24-18(11)29(28-13)8-9-4-2-3-5-12(9)21;18-9-5-10-12(16-23-14(20)13(27(28)29)15(21)24-16)25-26(17(10)22-6-9)7-8-3-1-2-4-11(8)19;18-9-5-10-13(16-24-14(21)12(20)15(22)25-16)26-27(17(10)23-6-9)7-8-3-1-2-4-11(8)19;14-9-5-10-12(16)18-19(13(10)17-6-9)7-8-3-1-2-4-11(8)15;5-4-8-2(6)1(10(11)12)3(7)9-4;;/h2-7H,8H2,1H3,(H,25,30)(H4,22,23,26,27);1-6H,7H2,(H4,20,21,23,24);1-6H,7,20H2,(H4,21,22,24,25);1-6H,7H2;(H4,6,7,8,9);1H3;/q;;;;;-1;. The second-order valence-corrected chi connectivity index (χ2v) is 25.6. The van der Waals surface area contributed by atoms with E-state index in [0.29, 0.717) is 48.0 Å². The quantitative estimate of drug-likeness (QED) is 0.00919. The first kappa shape index (κ1) is 87.5. The number of amides is 1. The summed E-state index contributed by atoms with van der Waals surface area (Å²) in [6.07, 6.45) is 3.40. The molecule has 120 heavy (non-hydrogen) atoms. The number of hydrogen-bond donors (Lipinski definition) is 10. The van der Waals surface area contributed by atoms with Crippen LogP contribution < -0.4 is 56.9 Å². The van der Waals surface area contributed by atoms with Crippen LogP contribution in [0.15, 0.2) is 146 Å². The molecule has 16 rings (SSSR count). The zero-order chi connectivity index (χ0) is 84.7. The molecule has 0 spiro atoms. The number of nitrogen functional groups attached to an aromatic ring is 9. The summed E-state index contributed by atoms with van der Waals surface area (Å²) in [5.41, 5.74) is 52.9. The van der Waals surface area contributed by atoms with Crippen molar-refractivity contribution in [3.8, 4) is 34.6 Å². The van der Waals surface area contributed by atoms with Gasteiger partial charge in [0.25, 0.3) is 0 Å². The van der Waals surface area contributed by atoms with Gasteiger partial charge in [-0.05, 0) is 82.7 Å². The second-order valence-electron chi connectivity index (χ2n) is 24.3. The van der Waals surface area contributed by atoms with Crippen LogP contribution >= 0.6 is 34.2 Å². The number of aromatic nitrogens is 20. The smallest absolute Gasteiger partial charge is 0.411 e. The molecular weight excluding hydrogens is 1820 g/mol. The first-order valence-corrected chi connectivity index (χ1v) is 34.7. The first-order valence-electron chi connectivity index (χ1n) is 33.3. The average Bonchev–Trinajstić information content (AvgIpc) is 1.62. The summed E-state index contributed by atoms with van der Waals surface area (Å²) >= 11 is 7.34. The molecule has 0 radical (unpaired) electrons. The number of carbonyl (C=O) groups excluding carboxylic acids is 1. The second kappa shape index (κ2) is 37.3. The van der Waals surface area contributed by atoms with Gasteiger partial charge in [-0.2, -0.15) is 30.4 Å². The van der Waals surface area contributed by atoms with Gasteiger partial charge in [0.05, 0.1) is 89.5 Å². The number of benzene rings is 4. The third-order valence-corrected chi connectivity index (χ3v) is 17.5. The van der Waals surface area contributed by atoms with Gasteiger partial charge in [-0.15, -0.1) is 0 Å². The summed E-state index contributed by atoms with van der Waals surface area (Å²) in [6, 6.07) is 30.0. The van der Waals surface area contributed by atoms with Gasteiger partial charge in [-0.3, -0.25) is 25.5 Å². The van der Waals surface area contributed by atoms with Crippen molar-refractivity contribution in [2.75, 3.05) is 64.0 Å². The molecule has 0 bridgehead atoms. The number of fused-ring (bicyclic) bond motifs is 4. The van der Waals surface area contributed by atoms with Crippen molar-refractivity contribution < 1.29 is 74.9 Å². The Morgan fingerprint density at radius 1 is 0.433 bits per heavy atom. The minimum Gasteiger partial charge on any atom is -0.453 e. The number of carbonyl (C=O) groups is 1. The predicted molar refractivity (Wildman–Crippen MR) is 430 cm³/mol. The molecule has 618 valence electrons. The Bertz CT molecular complexity index is 6520.